The fraction of sp³-hybridized carbons (Fsp3) is 0.357. The maximum absolute atomic E-state index is 5.81. The molecule has 0 aliphatic carbocycles. The molecule has 0 unspecified atom stereocenters. The van der Waals surface area contributed by atoms with E-state index in [0.717, 1.165) is 30.9 Å². The molecular formula is C14H17ClN2O2. The average Bonchev–Trinajstić information content (AvgIpc) is 2.93. The molecule has 3 rings (SSSR count). The second-order valence-corrected chi connectivity index (χ2v) is 4.42. The van der Waals surface area contributed by atoms with Crippen LogP contribution in [0.15, 0.2) is 35.0 Å². The third-order valence-electron chi connectivity index (χ3n) is 3.32. The molecule has 0 fully saturated rings. The third-order valence-corrected chi connectivity index (χ3v) is 3.32. The van der Waals surface area contributed by atoms with Gasteiger partial charge in [0.25, 0.3) is 0 Å². The molecule has 0 saturated heterocycles. The Morgan fingerprint density at radius 1 is 1.37 bits per heavy atom. The van der Waals surface area contributed by atoms with E-state index in [1.165, 1.54) is 11.1 Å². The molecule has 2 heterocycles. The number of halogens is 1. The van der Waals surface area contributed by atoms with Crippen LogP contribution in [0.2, 0.25) is 0 Å². The fourth-order valence-electron chi connectivity index (χ4n) is 2.52. The summed E-state index contributed by atoms with van der Waals surface area (Å²) >= 11 is 0. The number of ether oxygens (including phenoxy) is 1. The number of nitrogens with one attached hydrogen (secondary N) is 1. The van der Waals surface area contributed by atoms with Gasteiger partial charge in [0.05, 0.1) is 18.9 Å². The molecule has 0 spiro atoms. The lowest BCUT2D eigenvalue weighted by Gasteiger charge is -2.27. The molecule has 1 aliphatic heterocycles. The smallest absolute Gasteiger partial charge is 0.167 e. The van der Waals surface area contributed by atoms with E-state index in [1.54, 1.807) is 6.20 Å². The molecule has 0 bridgehead atoms. The molecule has 0 amide bonds. The normalized spacial score (nSPS) is 17.6. The quantitative estimate of drug-likeness (QED) is 0.939. The van der Waals surface area contributed by atoms with Crippen molar-refractivity contribution in [2.24, 2.45) is 0 Å². The van der Waals surface area contributed by atoms with Gasteiger partial charge in [0, 0.05) is 18.2 Å². The highest BCUT2D eigenvalue weighted by Crippen LogP contribution is 2.33. The summed E-state index contributed by atoms with van der Waals surface area (Å²) in [6.07, 6.45) is 2.73. The number of rotatable bonds is 3. The van der Waals surface area contributed by atoms with Crippen LogP contribution in [0.3, 0.4) is 0 Å². The Morgan fingerprint density at radius 2 is 2.26 bits per heavy atom. The van der Waals surface area contributed by atoms with Gasteiger partial charge in [-0.25, -0.2) is 0 Å². The van der Waals surface area contributed by atoms with Crippen molar-refractivity contribution in [2.75, 3.05) is 20.2 Å². The van der Waals surface area contributed by atoms with Gasteiger partial charge in [-0.3, -0.25) is 0 Å². The second kappa shape index (κ2) is 6.19. The van der Waals surface area contributed by atoms with Crippen LogP contribution in [0.25, 0.3) is 11.3 Å². The summed E-state index contributed by atoms with van der Waals surface area (Å²) in [7, 11) is 1.94. The molecule has 1 aliphatic rings. The van der Waals surface area contributed by atoms with E-state index in [4.69, 9.17) is 9.26 Å². The van der Waals surface area contributed by atoms with E-state index < -0.39 is 0 Å². The molecule has 2 aromatic rings. The largest absolute Gasteiger partial charge is 0.372 e. The van der Waals surface area contributed by atoms with Crippen LogP contribution < -0.4 is 5.32 Å². The zero-order valence-corrected chi connectivity index (χ0v) is 11.6. The second-order valence-electron chi connectivity index (χ2n) is 4.42. The number of nitrogens with zero attached hydrogens (tertiary/aromatic N) is 1. The molecule has 19 heavy (non-hydrogen) atoms. The van der Waals surface area contributed by atoms with Crippen LogP contribution in [0.1, 0.15) is 17.2 Å². The van der Waals surface area contributed by atoms with E-state index in [2.05, 4.69) is 22.6 Å². The van der Waals surface area contributed by atoms with Gasteiger partial charge in [-0.2, -0.15) is 0 Å². The van der Waals surface area contributed by atoms with Gasteiger partial charge in [0.1, 0.15) is 0 Å². The molecule has 4 nitrogen and oxygen atoms in total. The number of fused-ring (bicyclic) bond motifs is 1. The Morgan fingerprint density at radius 3 is 3.00 bits per heavy atom. The summed E-state index contributed by atoms with van der Waals surface area (Å²) in [5.74, 6) is 0.831. The minimum absolute atomic E-state index is 0. The summed E-state index contributed by atoms with van der Waals surface area (Å²) in [5, 5.41) is 6.96. The molecule has 1 atom stereocenters. The first-order chi connectivity index (χ1) is 8.90. The Hall–Kier alpha value is -1.36. The lowest BCUT2D eigenvalue weighted by molar-refractivity contribution is 0.0440. The molecular weight excluding hydrogens is 264 g/mol. The highest BCUT2D eigenvalue weighted by molar-refractivity contribution is 5.85. The molecule has 5 heteroatoms. The predicted molar refractivity (Wildman–Crippen MR) is 75.5 cm³/mol. The van der Waals surface area contributed by atoms with Crippen LogP contribution in [0.4, 0.5) is 0 Å². The summed E-state index contributed by atoms with van der Waals surface area (Å²) in [4.78, 5) is 0. The zero-order valence-electron chi connectivity index (χ0n) is 10.8. The maximum atomic E-state index is 5.81. The monoisotopic (exact) mass is 280 g/mol. The summed E-state index contributed by atoms with van der Waals surface area (Å²) in [6, 6.07) is 8.17. The van der Waals surface area contributed by atoms with E-state index in [1.807, 2.05) is 19.2 Å². The fourth-order valence-corrected chi connectivity index (χ4v) is 2.52. The number of likely N-dealkylation sites (N-methyl/N-ethyl adjacent to an activating group) is 1. The highest BCUT2D eigenvalue weighted by atomic mass is 35.5. The van der Waals surface area contributed by atoms with E-state index in [0.29, 0.717) is 0 Å². The molecule has 1 aromatic heterocycles. The van der Waals surface area contributed by atoms with Crippen molar-refractivity contribution in [3.8, 4) is 11.3 Å². The number of benzene rings is 1. The first-order valence-electron chi connectivity index (χ1n) is 6.19. The number of hydrogen-bond acceptors (Lipinski definition) is 4. The minimum Gasteiger partial charge on any atom is -0.372 e. The van der Waals surface area contributed by atoms with Crippen molar-refractivity contribution in [3.63, 3.8) is 0 Å². The highest BCUT2D eigenvalue weighted by Gasteiger charge is 2.23. The van der Waals surface area contributed by atoms with E-state index in [-0.39, 0.29) is 18.5 Å². The molecule has 1 N–H and O–H groups in total. The van der Waals surface area contributed by atoms with Crippen LogP contribution in [-0.4, -0.2) is 25.4 Å². The Kier molecular flexibility index (Phi) is 4.58. The number of aromatic nitrogens is 1. The minimum atomic E-state index is 0. The molecule has 0 saturated carbocycles. The van der Waals surface area contributed by atoms with Gasteiger partial charge in [0.2, 0.25) is 0 Å². The van der Waals surface area contributed by atoms with Crippen LogP contribution in [0.5, 0.6) is 0 Å². The van der Waals surface area contributed by atoms with Gasteiger partial charge in [-0.15, -0.1) is 12.4 Å². The van der Waals surface area contributed by atoms with Crippen molar-refractivity contribution in [1.29, 1.82) is 0 Å². The van der Waals surface area contributed by atoms with Crippen molar-refractivity contribution < 1.29 is 9.26 Å². The van der Waals surface area contributed by atoms with Crippen molar-refractivity contribution in [1.82, 2.24) is 10.5 Å². The maximum Gasteiger partial charge on any atom is 0.167 e. The summed E-state index contributed by atoms with van der Waals surface area (Å²) < 4.78 is 11.1. The van der Waals surface area contributed by atoms with Crippen molar-refractivity contribution in [3.05, 3.63) is 41.6 Å². The Labute approximate surface area is 118 Å². The van der Waals surface area contributed by atoms with E-state index in [9.17, 15) is 0 Å². The Bertz CT molecular complexity index is 528. The van der Waals surface area contributed by atoms with Crippen LogP contribution >= 0.6 is 12.4 Å². The van der Waals surface area contributed by atoms with Gasteiger partial charge in [0.15, 0.2) is 5.76 Å². The van der Waals surface area contributed by atoms with Gasteiger partial charge in [-0.05, 0) is 24.6 Å². The SMILES string of the molecule is CNC[C@@H]1OCCc2c(-c3ccno3)cccc21.Cl. The summed E-state index contributed by atoms with van der Waals surface area (Å²) in [6.45, 7) is 1.58. The third kappa shape index (κ3) is 2.66. The topological polar surface area (TPSA) is 47.3 Å². The first-order valence-corrected chi connectivity index (χ1v) is 6.19. The summed E-state index contributed by atoms with van der Waals surface area (Å²) in [5.41, 5.74) is 3.71. The van der Waals surface area contributed by atoms with Crippen molar-refractivity contribution >= 4 is 12.4 Å². The van der Waals surface area contributed by atoms with Crippen LogP contribution in [-0.2, 0) is 11.2 Å². The van der Waals surface area contributed by atoms with Gasteiger partial charge in [-0.1, -0.05) is 23.4 Å². The lowest BCUT2D eigenvalue weighted by atomic mass is 9.92. The molecule has 0 radical (unpaired) electrons. The Balaban J connectivity index is 0.00000133. The van der Waals surface area contributed by atoms with Gasteiger partial charge >= 0.3 is 0 Å². The van der Waals surface area contributed by atoms with E-state index >= 15 is 0 Å². The average molecular weight is 281 g/mol. The molecule has 1 aromatic carbocycles. The number of hydrogen-bond donors (Lipinski definition) is 1. The lowest BCUT2D eigenvalue weighted by Crippen LogP contribution is -2.25. The van der Waals surface area contributed by atoms with Crippen molar-refractivity contribution in [2.45, 2.75) is 12.5 Å². The zero-order chi connectivity index (χ0) is 12.4. The van der Waals surface area contributed by atoms with Gasteiger partial charge < -0.3 is 14.6 Å². The first kappa shape index (κ1) is 14.1. The van der Waals surface area contributed by atoms with Crippen LogP contribution in [0, 0.1) is 0 Å². The molecule has 102 valence electrons. The predicted octanol–water partition coefficient (Wildman–Crippen LogP) is 2.60. The standard InChI is InChI=1S/C14H16N2O2.ClH/c1-15-9-14-12-4-2-3-11(10(12)6-8-17-14)13-5-7-16-18-13;/h2-5,7,14-15H,6,8-9H2,1H3;1H/t14-;/m0./s1.